The molecule has 2 amide bonds. The van der Waals surface area contributed by atoms with Crippen molar-refractivity contribution in [2.45, 2.75) is 25.8 Å². The van der Waals surface area contributed by atoms with Crippen LogP contribution >= 0.6 is 0 Å². The van der Waals surface area contributed by atoms with Crippen molar-refractivity contribution in [3.8, 4) is 17.2 Å². The number of carbonyl (C=O) groups is 2. The van der Waals surface area contributed by atoms with Crippen LogP contribution in [0.2, 0.25) is 0 Å². The number of carbonyl (C=O) groups excluding carboxylic acids is 2. The van der Waals surface area contributed by atoms with Crippen LogP contribution in [-0.2, 0) is 9.53 Å². The van der Waals surface area contributed by atoms with E-state index in [0.29, 0.717) is 40.6 Å². The molecule has 2 aliphatic heterocycles. The van der Waals surface area contributed by atoms with E-state index in [0.717, 1.165) is 25.9 Å². The fourth-order valence-corrected chi connectivity index (χ4v) is 3.87. The average Bonchev–Trinajstić information content (AvgIpc) is 3.25. The van der Waals surface area contributed by atoms with Gasteiger partial charge in [0.05, 0.1) is 39.6 Å². The Morgan fingerprint density at radius 1 is 1.07 bits per heavy atom. The fraction of sp³-hybridized carbons (Fsp3) is 0.524. The number of nitrogens with zero attached hydrogens (tertiary/aromatic N) is 1. The lowest BCUT2D eigenvalue weighted by Crippen LogP contribution is -2.48. The Morgan fingerprint density at radius 2 is 1.70 bits per heavy atom. The Balaban J connectivity index is 2.12. The van der Waals surface area contributed by atoms with Crippen LogP contribution in [0.25, 0.3) is 0 Å². The van der Waals surface area contributed by atoms with Gasteiger partial charge in [-0.2, -0.15) is 0 Å². The Labute approximate surface area is 176 Å². The van der Waals surface area contributed by atoms with Gasteiger partial charge in [-0.1, -0.05) is 0 Å². The van der Waals surface area contributed by atoms with Gasteiger partial charge < -0.3 is 29.6 Å². The number of likely N-dealkylation sites (tertiary alicyclic amines) is 1. The maximum atomic E-state index is 13.0. The molecule has 2 aliphatic rings. The minimum Gasteiger partial charge on any atom is -0.496 e. The second-order valence-corrected chi connectivity index (χ2v) is 7.08. The smallest absolute Gasteiger partial charge is 0.338 e. The fourth-order valence-electron chi connectivity index (χ4n) is 3.87. The van der Waals surface area contributed by atoms with Crippen LogP contribution < -0.4 is 24.8 Å². The Bertz CT molecular complexity index is 832. The Kier molecular flexibility index (Phi) is 7.04. The number of hydrogen-bond acceptors (Lipinski definition) is 7. The summed E-state index contributed by atoms with van der Waals surface area (Å²) in [5.74, 6) is 0.922. The molecule has 2 heterocycles. The van der Waals surface area contributed by atoms with Crippen molar-refractivity contribution in [1.29, 1.82) is 0 Å². The van der Waals surface area contributed by atoms with E-state index in [9.17, 15) is 9.59 Å². The van der Waals surface area contributed by atoms with Crippen molar-refractivity contribution >= 4 is 12.0 Å². The first kappa shape index (κ1) is 21.8. The first-order valence-corrected chi connectivity index (χ1v) is 10.0. The highest BCUT2D eigenvalue weighted by Crippen LogP contribution is 2.41. The highest BCUT2D eigenvalue weighted by molar-refractivity contribution is 5.95. The van der Waals surface area contributed by atoms with Gasteiger partial charge in [0.2, 0.25) is 0 Å². The molecule has 9 nitrogen and oxygen atoms in total. The van der Waals surface area contributed by atoms with Crippen molar-refractivity contribution in [2.75, 3.05) is 47.6 Å². The van der Waals surface area contributed by atoms with Crippen molar-refractivity contribution in [1.82, 2.24) is 15.5 Å². The van der Waals surface area contributed by atoms with Gasteiger partial charge in [-0.3, -0.25) is 4.90 Å². The van der Waals surface area contributed by atoms with Gasteiger partial charge in [-0.25, -0.2) is 9.59 Å². The molecule has 0 spiro atoms. The topological polar surface area (TPSA) is 98.4 Å². The van der Waals surface area contributed by atoms with Gasteiger partial charge in [0, 0.05) is 23.9 Å². The predicted octanol–water partition coefficient (Wildman–Crippen LogP) is 1.98. The monoisotopic (exact) mass is 419 g/mol. The first-order valence-electron chi connectivity index (χ1n) is 10.0. The molecule has 1 aromatic carbocycles. The molecule has 3 rings (SSSR count). The van der Waals surface area contributed by atoms with E-state index in [2.05, 4.69) is 15.5 Å². The Morgan fingerprint density at radius 3 is 2.30 bits per heavy atom. The third-order valence-corrected chi connectivity index (χ3v) is 5.28. The summed E-state index contributed by atoms with van der Waals surface area (Å²) in [5.41, 5.74) is 1.47. The zero-order valence-electron chi connectivity index (χ0n) is 17.9. The summed E-state index contributed by atoms with van der Waals surface area (Å²) in [6.45, 7) is 4.29. The van der Waals surface area contributed by atoms with Crippen molar-refractivity contribution in [3.63, 3.8) is 0 Å². The maximum absolute atomic E-state index is 13.0. The SMILES string of the molecule is CCOC(=O)C1=C(CN2CCCC2)NC(=O)NC1c1cc(OC)c(OC)cc1OC. The molecule has 0 radical (unpaired) electrons. The normalized spacial score (nSPS) is 19.2. The number of urea groups is 1. The third-order valence-electron chi connectivity index (χ3n) is 5.28. The summed E-state index contributed by atoms with van der Waals surface area (Å²) in [6.07, 6.45) is 2.20. The summed E-state index contributed by atoms with van der Waals surface area (Å²) in [7, 11) is 4.57. The van der Waals surface area contributed by atoms with E-state index in [1.807, 2.05) is 0 Å². The summed E-state index contributed by atoms with van der Waals surface area (Å²) in [5, 5.41) is 5.65. The molecule has 1 fully saturated rings. The molecule has 1 aromatic rings. The highest BCUT2D eigenvalue weighted by Gasteiger charge is 2.36. The van der Waals surface area contributed by atoms with Crippen LogP contribution in [-0.4, -0.2) is 64.5 Å². The number of amides is 2. The molecular formula is C21H29N3O6. The molecule has 9 heteroatoms. The van der Waals surface area contributed by atoms with E-state index in [1.54, 1.807) is 19.1 Å². The quantitative estimate of drug-likeness (QED) is 0.622. The predicted molar refractivity (Wildman–Crippen MR) is 110 cm³/mol. The third kappa shape index (κ3) is 4.46. The summed E-state index contributed by atoms with van der Waals surface area (Å²) in [6, 6.07) is 2.23. The molecule has 0 bridgehead atoms. The zero-order chi connectivity index (χ0) is 21.7. The number of hydrogen-bond donors (Lipinski definition) is 2. The minimum absolute atomic E-state index is 0.225. The van der Waals surface area contributed by atoms with Crippen molar-refractivity contribution in [3.05, 3.63) is 29.0 Å². The average molecular weight is 419 g/mol. The molecule has 164 valence electrons. The van der Waals surface area contributed by atoms with Crippen molar-refractivity contribution < 1.29 is 28.5 Å². The van der Waals surface area contributed by atoms with Gasteiger partial charge in [0.1, 0.15) is 5.75 Å². The largest absolute Gasteiger partial charge is 0.496 e. The van der Waals surface area contributed by atoms with Crippen LogP contribution in [0.5, 0.6) is 17.2 Å². The lowest BCUT2D eigenvalue weighted by Gasteiger charge is -2.32. The van der Waals surface area contributed by atoms with Crippen LogP contribution in [0.15, 0.2) is 23.4 Å². The van der Waals surface area contributed by atoms with Gasteiger partial charge in [-0.15, -0.1) is 0 Å². The number of nitrogens with one attached hydrogen (secondary N) is 2. The van der Waals surface area contributed by atoms with Gasteiger partial charge in [0.25, 0.3) is 0 Å². The summed E-state index contributed by atoms with van der Waals surface area (Å²) >= 11 is 0. The second kappa shape index (κ2) is 9.71. The summed E-state index contributed by atoms with van der Waals surface area (Å²) in [4.78, 5) is 27.7. The van der Waals surface area contributed by atoms with E-state index >= 15 is 0 Å². The van der Waals surface area contributed by atoms with Crippen LogP contribution in [0, 0.1) is 0 Å². The number of rotatable bonds is 8. The second-order valence-electron chi connectivity index (χ2n) is 7.08. The standard InChI is InChI=1S/C21H29N3O6/c1-5-30-20(25)18-14(12-24-8-6-7-9-24)22-21(26)23-19(18)13-10-16(28-3)17(29-4)11-15(13)27-2/h10-11,19H,5-9,12H2,1-4H3,(H2,22,23,26). The molecule has 0 aromatic heterocycles. The van der Waals surface area contributed by atoms with E-state index < -0.39 is 12.0 Å². The van der Waals surface area contributed by atoms with Crippen molar-refractivity contribution in [2.24, 2.45) is 0 Å². The van der Waals surface area contributed by atoms with Crippen LogP contribution in [0.3, 0.4) is 0 Å². The molecule has 30 heavy (non-hydrogen) atoms. The number of ether oxygens (including phenoxy) is 4. The first-order chi connectivity index (χ1) is 14.5. The van der Waals surface area contributed by atoms with Gasteiger partial charge in [-0.05, 0) is 38.9 Å². The van der Waals surface area contributed by atoms with Crippen LogP contribution in [0.4, 0.5) is 4.79 Å². The molecule has 2 N–H and O–H groups in total. The van der Waals surface area contributed by atoms with Crippen LogP contribution in [0.1, 0.15) is 31.4 Å². The lowest BCUT2D eigenvalue weighted by atomic mass is 9.93. The molecule has 1 saturated heterocycles. The summed E-state index contributed by atoms with van der Waals surface area (Å²) < 4.78 is 21.6. The minimum atomic E-state index is -0.759. The maximum Gasteiger partial charge on any atom is 0.338 e. The highest BCUT2D eigenvalue weighted by atomic mass is 16.5. The van der Waals surface area contributed by atoms with E-state index in [-0.39, 0.29) is 12.6 Å². The van der Waals surface area contributed by atoms with E-state index in [1.165, 1.54) is 21.3 Å². The molecular weight excluding hydrogens is 390 g/mol. The molecule has 1 unspecified atom stereocenters. The van der Waals surface area contributed by atoms with Gasteiger partial charge >= 0.3 is 12.0 Å². The Hall–Kier alpha value is -2.94. The van der Waals surface area contributed by atoms with E-state index in [4.69, 9.17) is 18.9 Å². The number of methoxy groups -OCH3 is 3. The molecule has 1 atom stereocenters. The molecule has 0 saturated carbocycles. The van der Waals surface area contributed by atoms with Gasteiger partial charge in [0.15, 0.2) is 11.5 Å². The zero-order valence-corrected chi connectivity index (χ0v) is 17.9. The lowest BCUT2D eigenvalue weighted by molar-refractivity contribution is -0.139. The number of benzene rings is 1. The number of esters is 1. The molecule has 0 aliphatic carbocycles.